The SMILES string of the molecule is CON=Cc1ccc(C#C[C@@]2(CN3Cc4ccc(OC)cc4C3=O)NC(=O)NC2=O)cc1. The molecule has 0 aliphatic carbocycles. The average Bonchev–Trinajstić information content (AvgIpc) is 3.26. The van der Waals surface area contributed by atoms with Gasteiger partial charge in [0.1, 0.15) is 12.9 Å². The maximum Gasteiger partial charge on any atom is 0.323 e. The fourth-order valence-electron chi connectivity index (χ4n) is 3.56. The number of hydrogen-bond acceptors (Lipinski definition) is 6. The number of carbonyl (C=O) groups excluding carboxylic acids is 3. The van der Waals surface area contributed by atoms with Crippen LogP contribution in [-0.2, 0) is 16.2 Å². The molecule has 0 unspecified atom stereocenters. The summed E-state index contributed by atoms with van der Waals surface area (Å²) in [6.45, 7) is 0.213. The van der Waals surface area contributed by atoms with Crippen molar-refractivity contribution in [2.24, 2.45) is 5.16 Å². The van der Waals surface area contributed by atoms with Gasteiger partial charge in [0, 0.05) is 17.7 Å². The highest BCUT2D eigenvalue weighted by Gasteiger charge is 2.48. The summed E-state index contributed by atoms with van der Waals surface area (Å²) >= 11 is 0. The van der Waals surface area contributed by atoms with E-state index in [0.717, 1.165) is 11.1 Å². The topological polar surface area (TPSA) is 109 Å². The molecule has 9 heteroatoms. The zero-order valence-electron chi connectivity index (χ0n) is 17.5. The van der Waals surface area contributed by atoms with Crippen LogP contribution in [0.5, 0.6) is 5.75 Å². The van der Waals surface area contributed by atoms with Crippen molar-refractivity contribution in [3.05, 3.63) is 64.7 Å². The lowest BCUT2D eigenvalue weighted by Gasteiger charge is -2.26. The Bertz CT molecular complexity index is 1180. The van der Waals surface area contributed by atoms with Crippen molar-refractivity contribution >= 4 is 24.1 Å². The first-order valence-corrected chi connectivity index (χ1v) is 9.74. The number of carbonyl (C=O) groups is 3. The lowest BCUT2D eigenvalue weighted by molar-refractivity contribution is -0.122. The highest BCUT2D eigenvalue weighted by atomic mass is 16.6. The smallest absolute Gasteiger partial charge is 0.323 e. The Kier molecular flexibility index (Phi) is 5.52. The number of fused-ring (bicyclic) bond motifs is 1. The number of amides is 4. The minimum Gasteiger partial charge on any atom is -0.497 e. The van der Waals surface area contributed by atoms with Crippen LogP contribution in [-0.4, -0.2) is 55.3 Å². The third kappa shape index (κ3) is 3.98. The molecule has 2 aliphatic heterocycles. The van der Waals surface area contributed by atoms with Crippen molar-refractivity contribution in [3.63, 3.8) is 0 Å². The molecule has 4 amide bonds. The van der Waals surface area contributed by atoms with Gasteiger partial charge in [0.15, 0.2) is 0 Å². The number of nitrogens with zero attached hydrogens (tertiary/aromatic N) is 2. The number of benzene rings is 2. The molecule has 0 radical (unpaired) electrons. The number of rotatable bonds is 5. The fraction of sp³-hybridized carbons (Fsp3) is 0.217. The standard InChI is InChI=1S/C23H20N4O5/c1-31-18-8-7-17-13-27(20(28)19(17)11-18)14-23(21(29)25-22(30)26-23)10-9-15-3-5-16(6-4-15)12-24-32-2/h3-8,11-12H,13-14H2,1-2H3,(H2,25,26,29,30)/t23-/m0/s1. The van der Waals surface area contributed by atoms with Gasteiger partial charge in [0.05, 0.1) is 19.9 Å². The molecule has 1 saturated heterocycles. The summed E-state index contributed by atoms with van der Waals surface area (Å²) in [7, 11) is 2.98. The molecule has 0 saturated carbocycles. The number of ether oxygens (including phenoxy) is 1. The van der Waals surface area contributed by atoms with Gasteiger partial charge in [-0.05, 0) is 35.4 Å². The van der Waals surface area contributed by atoms with Crippen LogP contribution in [0.3, 0.4) is 0 Å². The van der Waals surface area contributed by atoms with E-state index in [-0.39, 0.29) is 12.5 Å². The van der Waals surface area contributed by atoms with Crippen LogP contribution in [0.4, 0.5) is 4.79 Å². The molecule has 2 aliphatic rings. The summed E-state index contributed by atoms with van der Waals surface area (Å²) in [5.41, 5.74) is 1.21. The van der Waals surface area contributed by atoms with E-state index in [1.807, 2.05) is 6.07 Å². The van der Waals surface area contributed by atoms with Crippen LogP contribution in [0.15, 0.2) is 47.6 Å². The molecular formula is C23H20N4O5. The second kappa shape index (κ2) is 8.43. The number of imide groups is 1. The maximum atomic E-state index is 12.9. The van der Waals surface area contributed by atoms with Crippen LogP contribution in [0.25, 0.3) is 0 Å². The maximum absolute atomic E-state index is 12.9. The van der Waals surface area contributed by atoms with Crippen molar-refractivity contribution in [3.8, 4) is 17.6 Å². The normalized spacial score (nSPS) is 19.3. The molecule has 162 valence electrons. The summed E-state index contributed by atoms with van der Waals surface area (Å²) in [5, 5.41) is 8.51. The van der Waals surface area contributed by atoms with E-state index in [9.17, 15) is 14.4 Å². The van der Waals surface area contributed by atoms with Crippen molar-refractivity contribution in [2.45, 2.75) is 12.1 Å². The second-order valence-electron chi connectivity index (χ2n) is 7.29. The Morgan fingerprint density at radius 2 is 1.94 bits per heavy atom. The van der Waals surface area contributed by atoms with Gasteiger partial charge in [0.2, 0.25) is 5.54 Å². The van der Waals surface area contributed by atoms with Crippen LogP contribution in [0.1, 0.15) is 27.0 Å². The molecule has 2 heterocycles. The zero-order chi connectivity index (χ0) is 22.7. The highest BCUT2D eigenvalue weighted by Crippen LogP contribution is 2.28. The van der Waals surface area contributed by atoms with Gasteiger partial charge in [-0.3, -0.25) is 14.9 Å². The number of oxime groups is 1. The van der Waals surface area contributed by atoms with Crippen LogP contribution < -0.4 is 15.4 Å². The molecule has 0 spiro atoms. The quantitative estimate of drug-likeness (QED) is 0.320. The molecule has 9 nitrogen and oxygen atoms in total. The minimum atomic E-state index is -1.56. The van der Waals surface area contributed by atoms with Crippen molar-refractivity contribution < 1.29 is 24.0 Å². The molecule has 32 heavy (non-hydrogen) atoms. The number of urea groups is 1. The van der Waals surface area contributed by atoms with E-state index in [1.54, 1.807) is 42.6 Å². The lowest BCUT2D eigenvalue weighted by Crippen LogP contribution is -2.54. The molecule has 2 N–H and O–H groups in total. The van der Waals surface area contributed by atoms with Crippen molar-refractivity contribution in [1.82, 2.24) is 15.5 Å². The monoisotopic (exact) mass is 432 g/mol. The van der Waals surface area contributed by atoms with Gasteiger partial charge in [-0.1, -0.05) is 35.2 Å². The molecule has 4 rings (SSSR count). The number of nitrogens with one attached hydrogen (secondary N) is 2. The van der Waals surface area contributed by atoms with Gasteiger partial charge in [-0.2, -0.15) is 0 Å². The lowest BCUT2D eigenvalue weighted by atomic mass is 9.99. The van der Waals surface area contributed by atoms with E-state index in [2.05, 4.69) is 32.5 Å². The van der Waals surface area contributed by atoms with Gasteiger partial charge < -0.3 is 19.8 Å². The van der Waals surface area contributed by atoms with Gasteiger partial charge >= 0.3 is 6.03 Å². The van der Waals surface area contributed by atoms with Gasteiger partial charge in [-0.25, -0.2) is 4.79 Å². The van der Waals surface area contributed by atoms with Crippen molar-refractivity contribution in [2.75, 3.05) is 20.8 Å². The number of hydrogen-bond donors (Lipinski definition) is 2. The van der Waals surface area contributed by atoms with E-state index in [0.29, 0.717) is 23.4 Å². The zero-order valence-corrected chi connectivity index (χ0v) is 17.5. The van der Waals surface area contributed by atoms with Crippen LogP contribution in [0.2, 0.25) is 0 Å². The van der Waals surface area contributed by atoms with Crippen LogP contribution >= 0.6 is 0 Å². The van der Waals surface area contributed by atoms with Crippen LogP contribution in [0, 0.1) is 11.8 Å². The van der Waals surface area contributed by atoms with E-state index >= 15 is 0 Å². The molecule has 2 aromatic rings. The molecule has 0 aromatic heterocycles. The van der Waals surface area contributed by atoms with E-state index < -0.39 is 17.5 Å². The molecule has 1 fully saturated rings. The summed E-state index contributed by atoms with van der Waals surface area (Å²) in [6.07, 6.45) is 1.55. The van der Waals surface area contributed by atoms with E-state index in [4.69, 9.17) is 4.74 Å². The third-order valence-corrected chi connectivity index (χ3v) is 5.20. The first-order valence-electron chi connectivity index (χ1n) is 9.74. The molecular weight excluding hydrogens is 412 g/mol. The third-order valence-electron chi connectivity index (χ3n) is 5.20. The van der Waals surface area contributed by atoms with Gasteiger partial charge in [0.25, 0.3) is 11.8 Å². The predicted octanol–water partition coefficient (Wildman–Crippen LogP) is 1.26. The first kappa shape index (κ1) is 20.9. The summed E-state index contributed by atoms with van der Waals surface area (Å²) < 4.78 is 5.20. The number of methoxy groups -OCH3 is 1. The Balaban J connectivity index is 1.60. The summed E-state index contributed by atoms with van der Waals surface area (Å²) in [5.74, 6) is 5.53. The predicted molar refractivity (Wildman–Crippen MR) is 115 cm³/mol. The largest absolute Gasteiger partial charge is 0.497 e. The summed E-state index contributed by atoms with van der Waals surface area (Å²) in [4.78, 5) is 43.7. The second-order valence-corrected chi connectivity index (χ2v) is 7.29. The molecule has 0 bridgehead atoms. The highest BCUT2D eigenvalue weighted by molar-refractivity contribution is 6.10. The average molecular weight is 432 g/mol. The van der Waals surface area contributed by atoms with Crippen molar-refractivity contribution in [1.29, 1.82) is 0 Å². The minimum absolute atomic E-state index is 0.0913. The first-order chi connectivity index (χ1) is 15.4. The fourth-order valence-corrected chi connectivity index (χ4v) is 3.56. The van der Waals surface area contributed by atoms with Gasteiger partial charge in [-0.15, -0.1) is 0 Å². The molecule has 1 atom stereocenters. The van der Waals surface area contributed by atoms with E-state index in [1.165, 1.54) is 19.1 Å². The Labute approximate surface area is 184 Å². The Morgan fingerprint density at radius 3 is 2.59 bits per heavy atom. The molecule has 2 aromatic carbocycles. The Hall–Kier alpha value is -4.32. The summed E-state index contributed by atoms with van der Waals surface area (Å²) in [6, 6.07) is 11.7. The Morgan fingerprint density at radius 1 is 1.16 bits per heavy atom.